The monoisotopic (exact) mass is 381 g/mol. The fourth-order valence-electron chi connectivity index (χ4n) is 3.90. The predicted octanol–water partition coefficient (Wildman–Crippen LogP) is 4.17. The third kappa shape index (κ3) is 1.71. The van der Waals surface area contributed by atoms with Crippen molar-refractivity contribution in [3.63, 3.8) is 0 Å². The molecule has 0 saturated heterocycles. The minimum atomic E-state index is -0.217. The summed E-state index contributed by atoms with van der Waals surface area (Å²) in [4.78, 5) is 22.1. The van der Waals surface area contributed by atoms with E-state index in [1.54, 1.807) is 12.1 Å². The second-order valence-electron chi connectivity index (χ2n) is 6.55. The molecule has 28 heavy (non-hydrogen) atoms. The standard InChI is InChI=1S/C21H8ClN5O/c22-20-16-18(12-7-3-4-8-13(12)24-20)26-27-14(9-23)15-17(25-21(16)27)10-5-1-2-6-11(10)19(15)28/h1-8H. The molecule has 0 unspecified atom stereocenters. The molecule has 3 heterocycles. The van der Waals surface area contributed by atoms with Gasteiger partial charge in [-0.1, -0.05) is 54.1 Å². The van der Waals surface area contributed by atoms with Gasteiger partial charge in [-0.05, 0) is 6.07 Å². The van der Waals surface area contributed by atoms with E-state index in [4.69, 9.17) is 16.6 Å². The molecule has 2 aromatic carbocycles. The van der Waals surface area contributed by atoms with Crippen LogP contribution in [-0.4, -0.2) is 25.4 Å². The second kappa shape index (κ2) is 5.12. The maximum Gasteiger partial charge on any atom is 0.198 e. The molecule has 3 aromatic heterocycles. The highest BCUT2D eigenvalue weighted by Gasteiger charge is 2.33. The summed E-state index contributed by atoms with van der Waals surface area (Å²) >= 11 is 6.48. The molecule has 0 atom stereocenters. The number of para-hydroxylation sites is 1. The van der Waals surface area contributed by atoms with Crippen molar-refractivity contribution in [3.05, 3.63) is 70.5 Å². The van der Waals surface area contributed by atoms with Crippen molar-refractivity contribution in [2.75, 3.05) is 0 Å². The van der Waals surface area contributed by atoms with Gasteiger partial charge in [-0.3, -0.25) is 4.79 Å². The highest BCUT2D eigenvalue weighted by Crippen LogP contribution is 2.39. The molecular weight excluding hydrogens is 374 g/mol. The highest BCUT2D eigenvalue weighted by atomic mass is 35.5. The van der Waals surface area contributed by atoms with Gasteiger partial charge in [0.25, 0.3) is 0 Å². The third-order valence-corrected chi connectivity index (χ3v) is 5.38. The maximum absolute atomic E-state index is 12.9. The first-order chi connectivity index (χ1) is 13.7. The third-order valence-electron chi connectivity index (χ3n) is 5.11. The Labute approximate surface area is 162 Å². The predicted molar refractivity (Wildman–Crippen MR) is 104 cm³/mol. The van der Waals surface area contributed by atoms with E-state index in [0.29, 0.717) is 38.9 Å². The summed E-state index contributed by atoms with van der Waals surface area (Å²) in [7, 11) is 0. The molecule has 0 spiro atoms. The lowest BCUT2D eigenvalue weighted by Crippen LogP contribution is -2.06. The molecule has 1 aliphatic carbocycles. The van der Waals surface area contributed by atoms with E-state index >= 15 is 0 Å². The lowest BCUT2D eigenvalue weighted by molar-refractivity contribution is 0.104. The Hall–Kier alpha value is -3.82. The van der Waals surface area contributed by atoms with Gasteiger partial charge < -0.3 is 0 Å². The summed E-state index contributed by atoms with van der Waals surface area (Å²) in [6, 6.07) is 16.9. The molecule has 0 aliphatic heterocycles. The van der Waals surface area contributed by atoms with E-state index in [9.17, 15) is 10.1 Å². The Balaban J connectivity index is 1.87. The molecule has 7 heteroatoms. The smallest absolute Gasteiger partial charge is 0.198 e. The van der Waals surface area contributed by atoms with Crippen molar-refractivity contribution >= 4 is 44.8 Å². The minimum Gasteiger partial charge on any atom is -0.288 e. The van der Waals surface area contributed by atoms with Gasteiger partial charge >= 0.3 is 0 Å². The quantitative estimate of drug-likeness (QED) is 0.369. The van der Waals surface area contributed by atoms with Crippen molar-refractivity contribution < 1.29 is 4.79 Å². The van der Waals surface area contributed by atoms with Crippen LogP contribution in [0.4, 0.5) is 0 Å². The fraction of sp³-hybridized carbons (Fsp3) is 0. The summed E-state index contributed by atoms with van der Waals surface area (Å²) in [6.07, 6.45) is 0. The van der Waals surface area contributed by atoms with Crippen LogP contribution < -0.4 is 0 Å². The van der Waals surface area contributed by atoms with Gasteiger partial charge in [0, 0.05) is 16.5 Å². The Bertz CT molecular complexity index is 1560. The molecular formula is C21H8ClN5O. The number of nitriles is 1. The highest BCUT2D eigenvalue weighted by molar-refractivity contribution is 6.37. The summed E-state index contributed by atoms with van der Waals surface area (Å²) in [5, 5.41) is 16.1. The number of rotatable bonds is 0. The van der Waals surface area contributed by atoms with Crippen molar-refractivity contribution in [1.29, 1.82) is 5.26 Å². The molecule has 0 bridgehead atoms. The van der Waals surface area contributed by atoms with E-state index in [1.165, 1.54) is 4.52 Å². The second-order valence-corrected chi connectivity index (χ2v) is 6.91. The van der Waals surface area contributed by atoms with E-state index in [0.717, 1.165) is 5.39 Å². The molecule has 0 radical (unpaired) electrons. The number of carbonyl (C=O) groups excluding carboxylic acids is 1. The van der Waals surface area contributed by atoms with Crippen molar-refractivity contribution in [3.8, 4) is 17.3 Å². The van der Waals surface area contributed by atoms with Crippen molar-refractivity contribution in [1.82, 2.24) is 19.6 Å². The molecule has 6 nitrogen and oxygen atoms in total. The van der Waals surface area contributed by atoms with Gasteiger partial charge in [-0.15, -0.1) is 0 Å². The molecule has 1 aliphatic rings. The molecule has 0 fully saturated rings. The maximum atomic E-state index is 12.9. The molecule has 0 saturated carbocycles. The zero-order chi connectivity index (χ0) is 19.0. The molecule has 0 N–H and O–H groups in total. The van der Waals surface area contributed by atoms with Crippen LogP contribution >= 0.6 is 11.6 Å². The van der Waals surface area contributed by atoms with Crippen molar-refractivity contribution in [2.24, 2.45) is 0 Å². The van der Waals surface area contributed by atoms with Crippen LogP contribution in [0.1, 0.15) is 21.6 Å². The Morgan fingerprint density at radius 3 is 2.57 bits per heavy atom. The number of ketones is 1. The topological polar surface area (TPSA) is 83.9 Å². The number of halogens is 1. The van der Waals surface area contributed by atoms with E-state index in [1.807, 2.05) is 36.4 Å². The minimum absolute atomic E-state index is 0.151. The molecule has 5 aromatic rings. The molecule has 130 valence electrons. The number of carbonyl (C=O) groups is 1. The number of hydrogen-bond acceptors (Lipinski definition) is 5. The van der Waals surface area contributed by atoms with Gasteiger partial charge in [0.05, 0.1) is 22.2 Å². The van der Waals surface area contributed by atoms with Gasteiger partial charge in [0.2, 0.25) is 0 Å². The van der Waals surface area contributed by atoms with Crippen LogP contribution in [0.3, 0.4) is 0 Å². The van der Waals surface area contributed by atoms with Gasteiger partial charge in [0.15, 0.2) is 17.1 Å². The number of benzene rings is 2. The SMILES string of the molecule is N#Cc1c2c(nc3c4c(Cl)nc5ccccc5c4nn13)-c1ccccc1C2=O. The first-order valence-electron chi connectivity index (χ1n) is 8.54. The largest absolute Gasteiger partial charge is 0.288 e. The van der Waals surface area contributed by atoms with Crippen molar-refractivity contribution in [2.45, 2.75) is 0 Å². The Kier molecular flexibility index (Phi) is 2.79. The average molecular weight is 382 g/mol. The summed E-state index contributed by atoms with van der Waals surface area (Å²) in [6.45, 7) is 0. The number of nitrogens with zero attached hydrogens (tertiary/aromatic N) is 5. The molecule has 0 amide bonds. The number of pyridine rings is 1. The van der Waals surface area contributed by atoms with E-state index in [2.05, 4.69) is 16.2 Å². The number of fused-ring (bicyclic) bond motifs is 8. The van der Waals surface area contributed by atoms with Crippen LogP contribution in [-0.2, 0) is 0 Å². The lowest BCUT2D eigenvalue weighted by Gasteiger charge is -2.04. The first-order valence-corrected chi connectivity index (χ1v) is 8.91. The van der Waals surface area contributed by atoms with Crippen LogP contribution in [0.15, 0.2) is 48.5 Å². The fourth-order valence-corrected chi connectivity index (χ4v) is 4.16. The zero-order valence-corrected chi connectivity index (χ0v) is 14.9. The summed E-state index contributed by atoms with van der Waals surface area (Å²) < 4.78 is 1.41. The summed E-state index contributed by atoms with van der Waals surface area (Å²) in [5.41, 5.74) is 3.87. The first kappa shape index (κ1) is 15.3. The average Bonchev–Trinajstić information content (AvgIpc) is 3.24. The normalized spacial score (nSPS) is 12.5. The van der Waals surface area contributed by atoms with Gasteiger partial charge in [-0.25, -0.2) is 14.5 Å². The van der Waals surface area contributed by atoms with Crippen LogP contribution in [0, 0.1) is 11.3 Å². The van der Waals surface area contributed by atoms with Crippen LogP contribution in [0.2, 0.25) is 5.15 Å². The van der Waals surface area contributed by atoms with E-state index in [-0.39, 0.29) is 22.2 Å². The zero-order valence-electron chi connectivity index (χ0n) is 14.1. The Morgan fingerprint density at radius 1 is 1.00 bits per heavy atom. The van der Waals surface area contributed by atoms with Gasteiger partial charge in [-0.2, -0.15) is 10.4 Å². The van der Waals surface area contributed by atoms with Crippen LogP contribution in [0.5, 0.6) is 0 Å². The summed E-state index contributed by atoms with van der Waals surface area (Å²) in [5.74, 6) is -0.217. The van der Waals surface area contributed by atoms with Gasteiger partial charge in [0.1, 0.15) is 16.7 Å². The number of hydrogen-bond donors (Lipinski definition) is 0. The Morgan fingerprint density at radius 2 is 1.75 bits per heavy atom. The number of aromatic nitrogens is 4. The lowest BCUT2D eigenvalue weighted by atomic mass is 10.1. The molecule has 6 rings (SSSR count). The van der Waals surface area contributed by atoms with Crippen LogP contribution in [0.25, 0.3) is 38.7 Å². The van der Waals surface area contributed by atoms with E-state index < -0.39 is 0 Å².